The molecule has 0 aliphatic carbocycles. The minimum absolute atomic E-state index is 0.0267. The van der Waals surface area contributed by atoms with E-state index in [1.807, 2.05) is 0 Å². The zero-order valence-corrected chi connectivity index (χ0v) is 9.33. The lowest BCUT2D eigenvalue weighted by molar-refractivity contribution is -0.195. The molecule has 0 unspecified atom stereocenters. The highest BCUT2D eigenvalue weighted by atomic mass is 35.5. The Labute approximate surface area is 104 Å². The van der Waals surface area contributed by atoms with Crippen molar-refractivity contribution in [3.63, 3.8) is 0 Å². The molecule has 0 bridgehead atoms. The smallest absolute Gasteiger partial charge is 0.425 e. The highest BCUT2D eigenvalue weighted by Crippen LogP contribution is 2.32. The van der Waals surface area contributed by atoms with Crippen LogP contribution in [0.25, 0.3) is 0 Å². The molecule has 4 nitrogen and oxygen atoms in total. The van der Waals surface area contributed by atoms with Crippen molar-refractivity contribution in [2.24, 2.45) is 0 Å². The molecule has 1 aromatic rings. The Morgan fingerprint density at radius 1 is 1.17 bits per heavy atom. The van der Waals surface area contributed by atoms with Gasteiger partial charge in [0.05, 0.1) is 5.69 Å². The number of anilines is 1. The molecule has 0 aromatic heterocycles. The molecule has 0 saturated carbocycles. The average molecular weight is 280 g/mol. The van der Waals surface area contributed by atoms with Crippen LogP contribution in [-0.4, -0.2) is 24.3 Å². The third-order valence-corrected chi connectivity index (χ3v) is 2.48. The maximum absolute atomic E-state index is 12.4. The number of imide groups is 1. The zero-order chi connectivity index (χ0) is 13.5. The van der Waals surface area contributed by atoms with E-state index in [0.29, 0.717) is 9.92 Å². The van der Waals surface area contributed by atoms with Crippen molar-refractivity contribution in [2.45, 2.75) is 12.3 Å². The molecule has 1 aliphatic heterocycles. The molecule has 2 amide bonds. The van der Waals surface area contributed by atoms with Gasteiger partial charge in [-0.3, -0.25) is 4.79 Å². The van der Waals surface area contributed by atoms with Crippen molar-refractivity contribution in [3.8, 4) is 0 Å². The number of nitrogens with zero attached hydrogens (tertiary/aromatic N) is 1. The van der Waals surface area contributed by atoms with E-state index in [-0.39, 0.29) is 5.69 Å². The summed E-state index contributed by atoms with van der Waals surface area (Å²) < 4.78 is 41.2. The summed E-state index contributed by atoms with van der Waals surface area (Å²) in [6.07, 6.45) is -9.03. The molecule has 1 aliphatic rings. The van der Waals surface area contributed by atoms with Crippen LogP contribution >= 0.6 is 11.6 Å². The van der Waals surface area contributed by atoms with Crippen LogP contribution in [0.2, 0.25) is 5.02 Å². The Balaban J connectivity index is 2.33. The summed E-state index contributed by atoms with van der Waals surface area (Å²) in [6, 6.07) is 5.19. The molecule has 1 saturated heterocycles. The van der Waals surface area contributed by atoms with E-state index in [9.17, 15) is 22.8 Å². The number of ether oxygens (including phenoxy) is 1. The van der Waals surface area contributed by atoms with Gasteiger partial charge in [0.25, 0.3) is 12.0 Å². The summed E-state index contributed by atoms with van der Waals surface area (Å²) in [7, 11) is 0. The van der Waals surface area contributed by atoms with Crippen molar-refractivity contribution in [1.29, 1.82) is 0 Å². The monoisotopic (exact) mass is 279 g/mol. The molecule has 8 heteroatoms. The number of hydrogen-bond acceptors (Lipinski definition) is 3. The number of hydrogen-bond donors (Lipinski definition) is 0. The molecule has 1 aromatic carbocycles. The van der Waals surface area contributed by atoms with Crippen LogP contribution in [0.3, 0.4) is 0 Å². The normalized spacial score (nSPS) is 20.2. The third-order valence-electron chi connectivity index (χ3n) is 2.23. The SMILES string of the molecule is O=C1O[C@@H](C(F)(F)F)C(=O)N1c1ccc(Cl)cc1. The first-order valence-electron chi connectivity index (χ1n) is 4.67. The van der Waals surface area contributed by atoms with Gasteiger partial charge in [-0.05, 0) is 24.3 Å². The van der Waals surface area contributed by atoms with Gasteiger partial charge in [-0.1, -0.05) is 11.6 Å². The first-order valence-corrected chi connectivity index (χ1v) is 5.05. The lowest BCUT2D eigenvalue weighted by Crippen LogP contribution is -2.39. The van der Waals surface area contributed by atoms with E-state index >= 15 is 0 Å². The quantitative estimate of drug-likeness (QED) is 0.794. The fourth-order valence-electron chi connectivity index (χ4n) is 1.44. The van der Waals surface area contributed by atoms with Gasteiger partial charge >= 0.3 is 12.3 Å². The van der Waals surface area contributed by atoms with E-state index in [4.69, 9.17) is 11.6 Å². The Kier molecular flexibility index (Phi) is 2.94. The molecule has 0 radical (unpaired) electrons. The topological polar surface area (TPSA) is 46.6 Å². The predicted octanol–water partition coefficient (Wildman–Crippen LogP) is 2.75. The van der Waals surface area contributed by atoms with E-state index in [1.165, 1.54) is 24.3 Å². The second-order valence-corrected chi connectivity index (χ2v) is 3.89. The Bertz CT molecular complexity index is 500. The Hall–Kier alpha value is -1.76. The number of halogens is 4. The molecule has 1 atom stereocenters. The van der Waals surface area contributed by atoms with Gasteiger partial charge < -0.3 is 4.74 Å². The highest BCUT2D eigenvalue weighted by molar-refractivity contribution is 6.30. The van der Waals surface area contributed by atoms with Crippen molar-refractivity contribution in [3.05, 3.63) is 29.3 Å². The molecular weight excluding hydrogens is 275 g/mol. The van der Waals surface area contributed by atoms with Crippen LogP contribution in [0, 0.1) is 0 Å². The highest BCUT2D eigenvalue weighted by Gasteiger charge is 2.56. The van der Waals surface area contributed by atoms with Gasteiger partial charge in [0, 0.05) is 5.02 Å². The lowest BCUT2D eigenvalue weighted by Gasteiger charge is -2.12. The molecule has 1 heterocycles. The standard InChI is InChI=1S/C10H5ClF3NO3/c11-5-1-3-6(4-2-5)15-8(16)7(10(12,13)14)18-9(15)17/h1-4,7H/t7-/m1/s1. The fourth-order valence-corrected chi connectivity index (χ4v) is 1.57. The molecule has 0 N–H and O–H groups in total. The fraction of sp³-hybridized carbons (Fsp3) is 0.200. The molecule has 18 heavy (non-hydrogen) atoms. The first-order chi connectivity index (χ1) is 8.30. The van der Waals surface area contributed by atoms with Gasteiger partial charge in [0.2, 0.25) is 0 Å². The second kappa shape index (κ2) is 4.16. The molecule has 1 fully saturated rings. The minimum atomic E-state index is -4.92. The van der Waals surface area contributed by atoms with Crippen LogP contribution in [0.15, 0.2) is 24.3 Å². The van der Waals surface area contributed by atoms with Gasteiger partial charge in [-0.15, -0.1) is 0 Å². The number of cyclic esters (lactones) is 1. The summed E-state index contributed by atoms with van der Waals surface area (Å²) in [5, 5.41) is 0.325. The minimum Gasteiger partial charge on any atom is -0.425 e. The van der Waals surface area contributed by atoms with E-state index < -0.39 is 24.3 Å². The molecular formula is C10H5ClF3NO3. The number of alkyl halides is 3. The lowest BCUT2D eigenvalue weighted by atomic mass is 10.2. The van der Waals surface area contributed by atoms with Crippen molar-refractivity contribution in [1.82, 2.24) is 0 Å². The van der Waals surface area contributed by atoms with Gasteiger partial charge in [0.15, 0.2) is 0 Å². The summed E-state index contributed by atoms with van der Waals surface area (Å²) in [6.45, 7) is 0. The second-order valence-electron chi connectivity index (χ2n) is 3.46. The third kappa shape index (κ3) is 2.13. The Morgan fingerprint density at radius 2 is 1.72 bits per heavy atom. The van der Waals surface area contributed by atoms with E-state index in [0.717, 1.165) is 0 Å². The summed E-state index contributed by atoms with van der Waals surface area (Å²) >= 11 is 5.59. The zero-order valence-electron chi connectivity index (χ0n) is 8.57. The largest absolute Gasteiger partial charge is 0.434 e. The Morgan fingerprint density at radius 3 is 2.17 bits per heavy atom. The van der Waals surface area contributed by atoms with Crippen LogP contribution in [0.5, 0.6) is 0 Å². The number of carbonyl (C=O) groups excluding carboxylic acids is 2. The van der Waals surface area contributed by atoms with Crippen LogP contribution in [0.4, 0.5) is 23.7 Å². The number of rotatable bonds is 1. The van der Waals surface area contributed by atoms with Gasteiger partial charge in [0.1, 0.15) is 0 Å². The number of amides is 2. The number of benzene rings is 1. The summed E-state index contributed by atoms with van der Waals surface area (Å²) in [4.78, 5) is 23.1. The van der Waals surface area contributed by atoms with E-state index in [2.05, 4.69) is 4.74 Å². The molecule has 2 rings (SSSR count). The predicted molar refractivity (Wildman–Crippen MR) is 55.3 cm³/mol. The molecule has 96 valence electrons. The van der Waals surface area contributed by atoms with Gasteiger partial charge in [-0.25, -0.2) is 9.69 Å². The number of carbonyl (C=O) groups is 2. The maximum atomic E-state index is 12.4. The van der Waals surface area contributed by atoms with Crippen LogP contribution < -0.4 is 4.90 Å². The molecule has 0 spiro atoms. The van der Waals surface area contributed by atoms with Crippen LogP contribution in [0.1, 0.15) is 0 Å². The maximum Gasteiger partial charge on any atom is 0.434 e. The summed E-state index contributed by atoms with van der Waals surface area (Å²) in [5.74, 6) is -1.46. The van der Waals surface area contributed by atoms with E-state index in [1.54, 1.807) is 0 Å². The van der Waals surface area contributed by atoms with Crippen molar-refractivity contribution < 1.29 is 27.5 Å². The average Bonchev–Trinajstić information content (AvgIpc) is 2.56. The summed E-state index contributed by atoms with van der Waals surface area (Å²) in [5.41, 5.74) is -0.0267. The van der Waals surface area contributed by atoms with Crippen molar-refractivity contribution in [2.75, 3.05) is 4.90 Å². The van der Waals surface area contributed by atoms with Crippen molar-refractivity contribution >= 4 is 29.3 Å². The van der Waals surface area contributed by atoms with Crippen LogP contribution in [-0.2, 0) is 9.53 Å². The van der Waals surface area contributed by atoms with Gasteiger partial charge in [-0.2, -0.15) is 13.2 Å². The first kappa shape index (κ1) is 12.7.